The zero-order valence-electron chi connectivity index (χ0n) is 14.4. The van der Waals surface area contributed by atoms with Gasteiger partial charge in [-0.3, -0.25) is 15.1 Å². The van der Waals surface area contributed by atoms with Gasteiger partial charge in [0.25, 0.3) is 6.43 Å². The molecule has 0 bridgehead atoms. The van der Waals surface area contributed by atoms with E-state index in [1.54, 1.807) is 18.2 Å². The second kappa shape index (κ2) is 7.18. The van der Waals surface area contributed by atoms with E-state index < -0.39 is 19.1 Å². The molecule has 0 fully saturated rings. The number of hydrogen-bond donors (Lipinski definition) is 2. The maximum absolute atomic E-state index is 12.1. The third-order valence-electron chi connectivity index (χ3n) is 4.18. The largest absolute Gasteiger partial charge is 0.443 e. The Kier molecular flexibility index (Phi) is 4.56. The molecule has 3 aromatic rings. The molecule has 1 amide bonds. The Bertz CT molecular complexity index is 1110. The van der Waals surface area contributed by atoms with Gasteiger partial charge in [-0.25, -0.2) is 18.6 Å². The average Bonchev–Trinajstić information content (AvgIpc) is 3.08. The van der Waals surface area contributed by atoms with Crippen LogP contribution < -0.4 is 5.32 Å². The first-order chi connectivity index (χ1) is 13.5. The number of aliphatic imine (C=N–C) groups is 1. The van der Waals surface area contributed by atoms with Crippen LogP contribution in [0.1, 0.15) is 21.5 Å². The maximum Gasteiger partial charge on any atom is 0.414 e. The zero-order valence-corrected chi connectivity index (χ0v) is 14.4. The summed E-state index contributed by atoms with van der Waals surface area (Å²) >= 11 is 0. The van der Waals surface area contributed by atoms with E-state index >= 15 is 0 Å². The average molecular weight is 384 g/mol. The first-order valence-corrected chi connectivity index (χ1v) is 8.40. The highest BCUT2D eigenvalue weighted by Gasteiger charge is 2.21. The van der Waals surface area contributed by atoms with Crippen LogP contribution in [0.3, 0.4) is 0 Å². The number of carbonyl (C=O) groups is 2. The van der Waals surface area contributed by atoms with Gasteiger partial charge in [-0.1, -0.05) is 30.3 Å². The van der Waals surface area contributed by atoms with Gasteiger partial charge in [-0.15, -0.1) is 0 Å². The molecule has 0 radical (unpaired) electrons. The number of nitrogens with one attached hydrogen (secondary N) is 2. The first kappa shape index (κ1) is 17.8. The fraction of sp³-hybridized carbons (Fsp3) is 0.158. The van der Waals surface area contributed by atoms with Crippen molar-refractivity contribution in [2.24, 2.45) is 4.99 Å². The number of Topliss-reactive ketones (excluding diaryl/α,β-unsaturated/α-hetero) is 1. The topological polar surface area (TPSA) is 96.4 Å². The molecule has 1 aliphatic rings. The Morgan fingerprint density at radius 3 is 2.79 bits per heavy atom. The van der Waals surface area contributed by atoms with Crippen molar-refractivity contribution < 1.29 is 23.1 Å². The number of ketones is 1. The van der Waals surface area contributed by atoms with Crippen molar-refractivity contribution in [2.75, 3.05) is 18.5 Å². The molecule has 142 valence electrons. The molecule has 2 aromatic carbocycles. The van der Waals surface area contributed by atoms with Gasteiger partial charge in [0.05, 0.1) is 16.7 Å². The van der Waals surface area contributed by atoms with Gasteiger partial charge >= 0.3 is 6.09 Å². The van der Waals surface area contributed by atoms with Crippen LogP contribution in [0.5, 0.6) is 0 Å². The predicted octanol–water partition coefficient (Wildman–Crippen LogP) is 3.41. The Hall–Kier alpha value is -3.62. The first-order valence-electron chi connectivity index (χ1n) is 8.40. The fourth-order valence-corrected chi connectivity index (χ4v) is 2.99. The normalized spacial score (nSPS) is 13.4. The molecule has 4 rings (SSSR count). The van der Waals surface area contributed by atoms with Gasteiger partial charge in [-0.05, 0) is 12.1 Å². The molecule has 0 aliphatic carbocycles. The number of carbonyl (C=O) groups excluding carboxylic acids is 2. The van der Waals surface area contributed by atoms with Crippen molar-refractivity contribution in [3.8, 4) is 0 Å². The summed E-state index contributed by atoms with van der Waals surface area (Å²) in [4.78, 5) is 35.0. The number of nitrogens with zero attached hydrogens (tertiary/aromatic N) is 2. The van der Waals surface area contributed by atoms with Crippen LogP contribution in [-0.2, 0) is 4.74 Å². The number of benzene rings is 2. The summed E-state index contributed by atoms with van der Waals surface area (Å²) in [6.45, 7) is -0.912. The molecule has 2 heterocycles. The number of hydrogen-bond acceptors (Lipinski definition) is 5. The standard InChI is InChI=1S/C19H14F2N4O3/c20-16(21)9-28-19(27)25-18-23-13-6-5-10(7-14(13)24-18)17-12-4-2-1-3-11(12)15(26)8-22-17/h1-7,16H,8-9H2,(H2,23,24,25,27). The summed E-state index contributed by atoms with van der Waals surface area (Å²) in [5.41, 5.74) is 4.03. The SMILES string of the molecule is O=C(Nc1nc2ccc(C3=NCC(=O)c4ccccc43)cc2[nH]1)OCC(F)F. The number of alkyl halides is 2. The minimum Gasteiger partial charge on any atom is -0.443 e. The van der Waals surface area contributed by atoms with Crippen molar-refractivity contribution in [3.05, 3.63) is 59.2 Å². The van der Waals surface area contributed by atoms with Crippen LogP contribution in [0.15, 0.2) is 47.5 Å². The van der Waals surface area contributed by atoms with Crippen LogP contribution >= 0.6 is 0 Å². The molecule has 9 heteroatoms. The van der Waals surface area contributed by atoms with Crippen LogP contribution in [0.2, 0.25) is 0 Å². The van der Waals surface area contributed by atoms with Crippen LogP contribution in [-0.4, -0.2) is 47.1 Å². The van der Waals surface area contributed by atoms with Crippen LogP contribution in [0, 0.1) is 0 Å². The fourth-order valence-electron chi connectivity index (χ4n) is 2.99. The number of halogens is 2. The highest BCUT2D eigenvalue weighted by Crippen LogP contribution is 2.23. The lowest BCUT2D eigenvalue weighted by Gasteiger charge is -2.16. The molecule has 2 N–H and O–H groups in total. The van der Waals surface area contributed by atoms with E-state index in [1.807, 2.05) is 24.3 Å². The van der Waals surface area contributed by atoms with Gasteiger partial charge in [0.1, 0.15) is 6.54 Å². The third kappa shape index (κ3) is 3.46. The second-order valence-electron chi connectivity index (χ2n) is 6.07. The molecule has 0 spiro atoms. The minimum absolute atomic E-state index is 0.0317. The lowest BCUT2D eigenvalue weighted by atomic mass is 9.92. The van der Waals surface area contributed by atoms with Crippen LogP contribution in [0.4, 0.5) is 19.5 Å². The Morgan fingerprint density at radius 2 is 2.00 bits per heavy atom. The number of anilines is 1. The van der Waals surface area contributed by atoms with E-state index in [2.05, 4.69) is 25.0 Å². The molecular formula is C19H14F2N4O3. The summed E-state index contributed by atoms with van der Waals surface area (Å²) in [6, 6.07) is 12.6. The number of imidazole rings is 1. The summed E-state index contributed by atoms with van der Waals surface area (Å²) in [6.07, 6.45) is -3.77. The Balaban J connectivity index is 1.61. The number of aromatic nitrogens is 2. The summed E-state index contributed by atoms with van der Waals surface area (Å²) in [5, 5.41) is 2.27. The smallest absolute Gasteiger partial charge is 0.414 e. The summed E-state index contributed by atoms with van der Waals surface area (Å²) in [7, 11) is 0. The van der Waals surface area contributed by atoms with Crippen molar-refractivity contribution in [1.82, 2.24) is 9.97 Å². The van der Waals surface area contributed by atoms with Gasteiger partial charge in [-0.2, -0.15) is 0 Å². The number of rotatable bonds is 4. The van der Waals surface area contributed by atoms with E-state index in [-0.39, 0.29) is 18.3 Å². The Labute approximate surface area is 157 Å². The molecule has 0 atom stereocenters. The van der Waals surface area contributed by atoms with E-state index in [0.717, 1.165) is 11.1 Å². The van der Waals surface area contributed by atoms with Gasteiger partial charge < -0.3 is 9.72 Å². The van der Waals surface area contributed by atoms with Crippen molar-refractivity contribution in [2.45, 2.75) is 6.43 Å². The lowest BCUT2D eigenvalue weighted by molar-refractivity contribution is 0.0547. The monoisotopic (exact) mass is 384 g/mol. The highest BCUT2D eigenvalue weighted by molar-refractivity contribution is 6.22. The third-order valence-corrected chi connectivity index (χ3v) is 4.18. The number of ether oxygens (including phenoxy) is 1. The molecule has 28 heavy (non-hydrogen) atoms. The predicted molar refractivity (Wildman–Crippen MR) is 98.3 cm³/mol. The van der Waals surface area contributed by atoms with Gasteiger partial charge in [0, 0.05) is 16.7 Å². The lowest BCUT2D eigenvalue weighted by Crippen LogP contribution is -2.19. The summed E-state index contributed by atoms with van der Waals surface area (Å²) in [5.74, 6) is 0.0448. The van der Waals surface area contributed by atoms with E-state index in [0.29, 0.717) is 22.3 Å². The molecule has 0 saturated heterocycles. The van der Waals surface area contributed by atoms with E-state index in [4.69, 9.17) is 0 Å². The molecular weight excluding hydrogens is 370 g/mol. The van der Waals surface area contributed by atoms with Gasteiger partial charge in [0.2, 0.25) is 5.95 Å². The second-order valence-corrected chi connectivity index (χ2v) is 6.07. The number of aromatic amines is 1. The molecule has 1 aromatic heterocycles. The number of H-pyrrole nitrogens is 1. The van der Waals surface area contributed by atoms with E-state index in [1.165, 1.54) is 0 Å². The molecule has 0 saturated carbocycles. The van der Waals surface area contributed by atoms with Crippen molar-refractivity contribution >= 4 is 34.6 Å². The molecule has 7 nitrogen and oxygen atoms in total. The van der Waals surface area contributed by atoms with Crippen molar-refractivity contribution in [1.29, 1.82) is 0 Å². The zero-order chi connectivity index (χ0) is 19.7. The number of fused-ring (bicyclic) bond motifs is 2. The minimum atomic E-state index is -2.74. The quantitative estimate of drug-likeness (QED) is 0.720. The maximum atomic E-state index is 12.1. The van der Waals surface area contributed by atoms with Crippen molar-refractivity contribution in [3.63, 3.8) is 0 Å². The van der Waals surface area contributed by atoms with Crippen LogP contribution in [0.25, 0.3) is 11.0 Å². The number of amides is 1. The van der Waals surface area contributed by atoms with Gasteiger partial charge in [0.15, 0.2) is 12.4 Å². The highest BCUT2D eigenvalue weighted by atomic mass is 19.3. The molecule has 0 unspecified atom stereocenters. The Morgan fingerprint density at radius 1 is 1.21 bits per heavy atom. The summed E-state index contributed by atoms with van der Waals surface area (Å²) < 4.78 is 28.5. The molecule has 1 aliphatic heterocycles. The van der Waals surface area contributed by atoms with E-state index in [9.17, 15) is 18.4 Å².